The van der Waals surface area contributed by atoms with Crippen LogP contribution in [0.4, 0.5) is 5.82 Å². The molecule has 0 spiro atoms. The van der Waals surface area contributed by atoms with Gasteiger partial charge in [0.2, 0.25) is 5.91 Å². The van der Waals surface area contributed by atoms with E-state index in [1.807, 2.05) is 20.8 Å². The highest BCUT2D eigenvalue weighted by Gasteiger charge is 2.11. The standard InChI is InChI=1S/C15H21N5O2S/c1-4-5-11-8-13(21)19-15(17-11)23-9-14(22)18-12-6-7-16-20(12)10(2)3/h6-8,10H,4-5,9H2,1-3H3,(H,18,22)(H,17,19,21). The van der Waals surface area contributed by atoms with Crippen LogP contribution in [0, 0.1) is 0 Å². The summed E-state index contributed by atoms with van der Waals surface area (Å²) in [5.41, 5.74) is 0.557. The van der Waals surface area contributed by atoms with Crippen LogP contribution in [-0.2, 0) is 11.2 Å². The van der Waals surface area contributed by atoms with Crippen molar-refractivity contribution < 1.29 is 4.79 Å². The molecule has 0 bridgehead atoms. The van der Waals surface area contributed by atoms with Gasteiger partial charge in [0, 0.05) is 23.9 Å². The van der Waals surface area contributed by atoms with Gasteiger partial charge in [0.05, 0.1) is 11.9 Å². The van der Waals surface area contributed by atoms with Crippen LogP contribution in [-0.4, -0.2) is 31.4 Å². The second kappa shape index (κ2) is 7.96. The zero-order valence-electron chi connectivity index (χ0n) is 13.5. The van der Waals surface area contributed by atoms with E-state index in [0.717, 1.165) is 18.5 Å². The number of H-pyrrole nitrogens is 1. The predicted molar refractivity (Wildman–Crippen MR) is 90.8 cm³/mol. The van der Waals surface area contributed by atoms with Crippen LogP contribution < -0.4 is 10.9 Å². The summed E-state index contributed by atoms with van der Waals surface area (Å²) < 4.78 is 1.74. The topological polar surface area (TPSA) is 92.7 Å². The maximum Gasteiger partial charge on any atom is 0.251 e. The van der Waals surface area contributed by atoms with E-state index in [2.05, 4.69) is 20.4 Å². The van der Waals surface area contributed by atoms with Crippen molar-refractivity contribution >= 4 is 23.5 Å². The van der Waals surface area contributed by atoms with Gasteiger partial charge in [0.25, 0.3) is 5.56 Å². The quantitative estimate of drug-likeness (QED) is 0.598. The molecule has 2 heterocycles. The third-order valence-corrected chi connectivity index (χ3v) is 3.92. The Morgan fingerprint density at radius 2 is 2.26 bits per heavy atom. The molecule has 0 aliphatic carbocycles. The van der Waals surface area contributed by atoms with Crippen LogP contribution >= 0.6 is 11.8 Å². The van der Waals surface area contributed by atoms with E-state index in [1.54, 1.807) is 16.9 Å². The monoisotopic (exact) mass is 335 g/mol. The minimum atomic E-state index is -0.191. The Morgan fingerprint density at radius 1 is 1.48 bits per heavy atom. The summed E-state index contributed by atoms with van der Waals surface area (Å²) >= 11 is 1.21. The lowest BCUT2D eigenvalue weighted by atomic mass is 10.2. The second-order valence-corrected chi connectivity index (χ2v) is 6.35. The lowest BCUT2D eigenvalue weighted by molar-refractivity contribution is -0.113. The molecule has 0 aromatic carbocycles. The number of aromatic amines is 1. The number of amides is 1. The second-order valence-electron chi connectivity index (χ2n) is 5.38. The van der Waals surface area contributed by atoms with Crippen molar-refractivity contribution in [1.29, 1.82) is 0 Å². The fourth-order valence-corrected chi connectivity index (χ4v) is 2.77. The Kier molecular flexibility index (Phi) is 5.97. The zero-order chi connectivity index (χ0) is 16.8. The van der Waals surface area contributed by atoms with Gasteiger partial charge in [0.1, 0.15) is 5.82 Å². The summed E-state index contributed by atoms with van der Waals surface area (Å²) in [6.07, 6.45) is 3.31. The van der Waals surface area contributed by atoms with Gasteiger partial charge >= 0.3 is 0 Å². The molecule has 0 radical (unpaired) electrons. The first-order chi connectivity index (χ1) is 11.0. The summed E-state index contributed by atoms with van der Waals surface area (Å²) in [6, 6.07) is 3.41. The number of rotatable bonds is 7. The van der Waals surface area contributed by atoms with Gasteiger partial charge in [-0.15, -0.1) is 0 Å². The van der Waals surface area contributed by atoms with Crippen LogP contribution in [0.25, 0.3) is 0 Å². The minimum absolute atomic E-state index is 0.164. The van der Waals surface area contributed by atoms with Crippen LogP contribution in [0.2, 0.25) is 0 Å². The Morgan fingerprint density at radius 3 is 2.96 bits per heavy atom. The molecular formula is C15H21N5O2S. The molecule has 23 heavy (non-hydrogen) atoms. The van der Waals surface area contributed by atoms with E-state index in [-0.39, 0.29) is 23.3 Å². The number of carbonyl (C=O) groups is 1. The van der Waals surface area contributed by atoms with E-state index < -0.39 is 0 Å². The Balaban J connectivity index is 1.96. The molecule has 0 aliphatic heterocycles. The maximum absolute atomic E-state index is 12.1. The first-order valence-corrected chi connectivity index (χ1v) is 8.54. The van der Waals surface area contributed by atoms with Gasteiger partial charge in [-0.1, -0.05) is 25.1 Å². The first kappa shape index (κ1) is 17.3. The third kappa shape index (κ3) is 4.95. The van der Waals surface area contributed by atoms with E-state index in [0.29, 0.717) is 11.0 Å². The molecule has 8 heteroatoms. The Labute approximate surface area is 138 Å². The predicted octanol–water partition coefficient (Wildman–Crippen LogP) is 2.23. The number of hydrogen-bond donors (Lipinski definition) is 2. The highest BCUT2D eigenvalue weighted by molar-refractivity contribution is 7.99. The molecular weight excluding hydrogens is 314 g/mol. The van der Waals surface area contributed by atoms with Gasteiger partial charge in [0.15, 0.2) is 5.16 Å². The zero-order valence-corrected chi connectivity index (χ0v) is 14.3. The maximum atomic E-state index is 12.1. The van der Waals surface area contributed by atoms with Crippen molar-refractivity contribution in [1.82, 2.24) is 19.7 Å². The molecule has 7 nitrogen and oxygen atoms in total. The fourth-order valence-electron chi connectivity index (χ4n) is 2.07. The largest absolute Gasteiger partial charge is 0.310 e. The number of nitrogens with one attached hydrogen (secondary N) is 2. The molecule has 2 aromatic rings. The third-order valence-electron chi connectivity index (χ3n) is 3.05. The lowest BCUT2D eigenvalue weighted by Gasteiger charge is -2.11. The normalized spacial score (nSPS) is 11.0. The molecule has 0 unspecified atom stereocenters. The first-order valence-electron chi connectivity index (χ1n) is 7.56. The SMILES string of the molecule is CCCc1cc(=O)[nH]c(SCC(=O)Nc2ccnn2C(C)C)n1. The van der Waals surface area contributed by atoms with Crippen molar-refractivity contribution in [2.45, 2.75) is 44.8 Å². The number of thioether (sulfide) groups is 1. The van der Waals surface area contributed by atoms with E-state index in [4.69, 9.17) is 0 Å². The minimum Gasteiger partial charge on any atom is -0.310 e. The van der Waals surface area contributed by atoms with Crippen molar-refractivity contribution in [3.63, 3.8) is 0 Å². The van der Waals surface area contributed by atoms with Gasteiger partial charge in [-0.2, -0.15) is 5.10 Å². The summed E-state index contributed by atoms with van der Waals surface area (Å²) in [6.45, 7) is 6.01. The molecule has 0 aliphatic rings. The van der Waals surface area contributed by atoms with Gasteiger partial charge in [-0.25, -0.2) is 9.67 Å². The number of nitrogens with zero attached hydrogens (tertiary/aromatic N) is 3. The van der Waals surface area contributed by atoms with Gasteiger partial charge in [-0.3, -0.25) is 9.59 Å². The summed E-state index contributed by atoms with van der Waals surface area (Å²) in [5, 5.41) is 7.45. The number of aromatic nitrogens is 4. The average Bonchev–Trinajstić information content (AvgIpc) is 2.93. The smallest absolute Gasteiger partial charge is 0.251 e. The van der Waals surface area contributed by atoms with E-state index in [9.17, 15) is 9.59 Å². The van der Waals surface area contributed by atoms with Crippen LogP contribution in [0.3, 0.4) is 0 Å². The fraction of sp³-hybridized carbons (Fsp3) is 0.467. The Bertz CT molecular complexity index is 723. The molecule has 2 aromatic heterocycles. The van der Waals surface area contributed by atoms with E-state index in [1.165, 1.54) is 17.8 Å². The number of anilines is 1. The summed E-state index contributed by atoms with van der Waals surface area (Å²) in [7, 11) is 0. The van der Waals surface area contributed by atoms with Crippen molar-refractivity contribution in [2.24, 2.45) is 0 Å². The molecule has 2 N–H and O–H groups in total. The molecule has 0 atom stereocenters. The average molecular weight is 335 g/mol. The lowest BCUT2D eigenvalue weighted by Crippen LogP contribution is -2.19. The molecule has 2 rings (SSSR count). The van der Waals surface area contributed by atoms with Gasteiger partial charge in [-0.05, 0) is 20.3 Å². The van der Waals surface area contributed by atoms with Crippen LogP contribution in [0.15, 0.2) is 28.3 Å². The number of carbonyl (C=O) groups excluding carboxylic acids is 1. The molecule has 124 valence electrons. The van der Waals surface area contributed by atoms with Gasteiger partial charge < -0.3 is 10.3 Å². The number of aryl methyl sites for hydroxylation is 1. The highest BCUT2D eigenvalue weighted by Crippen LogP contribution is 2.15. The van der Waals surface area contributed by atoms with Crippen molar-refractivity contribution in [2.75, 3.05) is 11.1 Å². The summed E-state index contributed by atoms with van der Waals surface area (Å²) in [5.74, 6) is 0.662. The molecule has 1 amide bonds. The number of hydrogen-bond acceptors (Lipinski definition) is 5. The molecule has 0 saturated heterocycles. The molecule has 0 fully saturated rings. The van der Waals surface area contributed by atoms with E-state index >= 15 is 0 Å². The highest BCUT2D eigenvalue weighted by atomic mass is 32.2. The van der Waals surface area contributed by atoms with Crippen molar-refractivity contribution in [3.8, 4) is 0 Å². The summed E-state index contributed by atoms with van der Waals surface area (Å²) in [4.78, 5) is 30.6. The van der Waals surface area contributed by atoms with Crippen LogP contribution in [0.1, 0.15) is 38.9 Å². The Hall–Kier alpha value is -2.09. The van der Waals surface area contributed by atoms with Crippen LogP contribution in [0.5, 0.6) is 0 Å². The molecule has 0 saturated carbocycles. The van der Waals surface area contributed by atoms with Crippen molar-refractivity contribution in [3.05, 3.63) is 34.4 Å².